The highest BCUT2D eigenvalue weighted by Gasteiger charge is 2.26. The maximum absolute atomic E-state index is 11.9. The molecule has 17 heavy (non-hydrogen) atoms. The van der Waals surface area contributed by atoms with Gasteiger partial charge in [0.05, 0.1) is 6.20 Å². The van der Waals surface area contributed by atoms with Crippen LogP contribution in [0, 0.1) is 12.8 Å². The lowest BCUT2D eigenvalue weighted by Gasteiger charge is -2.19. The zero-order valence-electron chi connectivity index (χ0n) is 10.6. The molecule has 0 aromatic carbocycles. The molecule has 1 N–H and O–H groups in total. The smallest absolute Gasteiger partial charge is 0.244 e. The van der Waals surface area contributed by atoms with Crippen LogP contribution in [-0.4, -0.2) is 22.7 Å². The van der Waals surface area contributed by atoms with Crippen molar-refractivity contribution in [3.05, 3.63) is 18.0 Å². The molecule has 4 heteroatoms. The van der Waals surface area contributed by atoms with Gasteiger partial charge in [-0.15, -0.1) is 0 Å². The summed E-state index contributed by atoms with van der Waals surface area (Å²) in [5.74, 6) is 0.752. The van der Waals surface area contributed by atoms with E-state index in [0.717, 1.165) is 12.0 Å². The number of carbonyl (C=O) groups excluding carboxylic acids is 1. The van der Waals surface area contributed by atoms with Crippen molar-refractivity contribution in [2.45, 2.75) is 45.1 Å². The van der Waals surface area contributed by atoms with Crippen LogP contribution in [0.15, 0.2) is 12.4 Å². The van der Waals surface area contributed by atoms with Gasteiger partial charge in [0, 0.05) is 13.2 Å². The van der Waals surface area contributed by atoms with Gasteiger partial charge in [-0.1, -0.05) is 25.7 Å². The van der Waals surface area contributed by atoms with Gasteiger partial charge in [0.25, 0.3) is 0 Å². The monoisotopic (exact) mass is 235 g/mol. The fourth-order valence-corrected chi connectivity index (χ4v) is 2.67. The van der Waals surface area contributed by atoms with E-state index < -0.39 is 0 Å². The minimum absolute atomic E-state index is 0.0694. The standard InChI is InChI=1S/C13H21N3O/c1-10-8-15-16(9-10)12(13(17)14-2)7-11-5-3-4-6-11/h8-9,11-12H,3-7H2,1-2H3,(H,14,17). The van der Waals surface area contributed by atoms with Crippen molar-refractivity contribution in [2.75, 3.05) is 7.05 Å². The third-order valence-electron chi connectivity index (χ3n) is 3.63. The van der Waals surface area contributed by atoms with Crippen LogP contribution < -0.4 is 5.32 Å². The molecule has 1 amide bonds. The highest BCUT2D eigenvalue weighted by atomic mass is 16.2. The lowest BCUT2D eigenvalue weighted by Crippen LogP contribution is -2.31. The van der Waals surface area contributed by atoms with E-state index in [9.17, 15) is 4.79 Å². The molecule has 0 aliphatic heterocycles. The highest BCUT2D eigenvalue weighted by molar-refractivity contribution is 5.79. The Hall–Kier alpha value is -1.32. The lowest BCUT2D eigenvalue weighted by molar-refractivity contribution is -0.124. The van der Waals surface area contributed by atoms with Crippen LogP contribution in [0.2, 0.25) is 0 Å². The van der Waals surface area contributed by atoms with E-state index in [2.05, 4.69) is 10.4 Å². The Balaban J connectivity index is 2.10. The molecule has 0 saturated heterocycles. The first-order valence-electron chi connectivity index (χ1n) is 6.43. The maximum Gasteiger partial charge on any atom is 0.244 e. The van der Waals surface area contributed by atoms with E-state index in [-0.39, 0.29) is 11.9 Å². The molecule has 1 aliphatic rings. The largest absolute Gasteiger partial charge is 0.357 e. The van der Waals surface area contributed by atoms with Crippen molar-refractivity contribution in [2.24, 2.45) is 5.92 Å². The summed E-state index contributed by atoms with van der Waals surface area (Å²) in [6.07, 6.45) is 9.81. The second kappa shape index (κ2) is 5.34. The molecular weight excluding hydrogens is 214 g/mol. The minimum atomic E-state index is -0.142. The Bertz CT molecular complexity index is 380. The molecule has 4 nitrogen and oxygen atoms in total. The zero-order chi connectivity index (χ0) is 12.3. The van der Waals surface area contributed by atoms with Gasteiger partial charge in [0.2, 0.25) is 5.91 Å². The molecule has 1 heterocycles. The Morgan fingerprint density at radius 1 is 1.59 bits per heavy atom. The SMILES string of the molecule is CNC(=O)C(CC1CCCC1)n1cc(C)cn1. The van der Waals surface area contributed by atoms with Gasteiger partial charge in [-0.05, 0) is 24.8 Å². The maximum atomic E-state index is 11.9. The van der Waals surface area contributed by atoms with Gasteiger partial charge in [-0.3, -0.25) is 9.48 Å². The molecule has 1 saturated carbocycles. The van der Waals surface area contributed by atoms with E-state index in [1.54, 1.807) is 7.05 Å². The Morgan fingerprint density at radius 2 is 2.29 bits per heavy atom. The normalized spacial score (nSPS) is 18.2. The predicted octanol–water partition coefficient (Wildman–Crippen LogP) is 2.06. The lowest BCUT2D eigenvalue weighted by atomic mass is 9.98. The second-order valence-corrected chi connectivity index (χ2v) is 5.01. The number of hydrogen-bond donors (Lipinski definition) is 1. The summed E-state index contributed by atoms with van der Waals surface area (Å²) in [5, 5.41) is 7.03. The van der Waals surface area contributed by atoms with Crippen LogP contribution in [0.1, 0.15) is 43.7 Å². The summed E-state index contributed by atoms with van der Waals surface area (Å²) < 4.78 is 1.81. The van der Waals surface area contributed by atoms with Crippen molar-refractivity contribution in [3.63, 3.8) is 0 Å². The van der Waals surface area contributed by atoms with Gasteiger partial charge in [0.15, 0.2) is 0 Å². The quantitative estimate of drug-likeness (QED) is 0.868. The molecule has 1 aromatic rings. The fourth-order valence-electron chi connectivity index (χ4n) is 2.67. The van der Waals surface area contributed by atoms with Crippen molar-refractivity contribution in [1.29, 1.82) is 0 Å². The number of hydrogen-bond acceptors (Lipinski definition) is 2. The number of likely N-dealkylation sites (N-methyl/N-ethyl adjacent to an activating group) is 1. The fraction of sp³-hybridized carbons (Fsp3) is 0.692. The van der Waals surface area contributed by atoms with Crippen molar-refractivity contribution < 1.29 is 4.79 Å². The summed E-state index contributed by atoms with van der Waals surface area (Å²) in [6.45, 7) is 2.00. The molecule has 1 fully saturated rings. The summed E-state index contributed by atoms with van der Waals surface area (Å²) in [5.41, 5.74) is 1.10. The molecule has 0 spiro atoms. The average molecular weight is 235 g/mol. The number of aromatic nitrogens is 2. The topological polar surface area (TPSA) is 46.9 Å². The summed E-state index contributed by atoms with van der Waals surface area (Å²) in [7, 11) is 1.69. The van der Waals surface area contributed by atoms with Crippen LogP contribution >= 0.6 is 0 Å². The Labute approximate surface area is 102 Å². The van der Waals surface area contributed by atoms with E-state index >= 15 is 0 Å². The van der Waals surface area contributed by atoms with Gasteiger partial charge in [-0.25, -0.2) is 0 Å². The molecular formula is C13H21N3O. The number of nitrogens with one attached hydrogen (secondary N) is 1. The van der Waals surface area contributed by atoms with Crippen molar-refractivity contribution in [3.8, 4) is 0 Å². The first kappa shape index (κ1) is 12.1. The molecule has 94 valence electrons. The van der Waals surface area contributed by atoms with Crippen LogP contribution in [0.25, 0.3) is 0 Å². The molecule has 1 atom stereocenters. The first-order valence-corrected chi connectivity index (χ1v) is 6.43. The van der Waals surface area contributed by atoms with Crippen molar-refractivity contribution in [1.82, 2.24) is 15.1 Å². The average Bonchev–Trinajstić information content (AvgIpc) is 2.96. The third kappa shape index (κ3) is 2.87. The van der Waals surface area contributed by atoms with Gasteiger partial charge in [-0.2, -0.15) is 5.10 Å². The summed E-state index contributed by atoms with van der Waals surface area (Å²) in [4.78, 5) is 11.9. The van der Waals surface area contributed by atoms with Crippen molar-refractivity contribution >= 4 is 5.91 Å². The van der Waals surface area contributed by atoms with Gasteiger partial charge in [0.1, 0.15) is 6.04 Å². The molecule has 1 aromatic heterocycles. The third-order valence-corrected chi connectivity index (χ3v) is 3.63. The first-order chi connectivity index (χ1) is 8.20. The zero-order valence-corrected chi connectivity index (χ0v) is 10.6. The Morgan fingerprint density at radius 3 is 2.82 bits per heavy atom. The number of carbonyl (C=O) groups is 1. The molecule has 0 radical (unpaired) electrons. The van der Waals surface area contributed by atoms with Crippen LogP contribution in [0.3, 0.4) is 0 Å². The van der Waals surface area contributed by atoms with Crippen LogP contribution in [0.5, 0.6) is 0 Å². The van der Waals surface area contributed by atoms with Gasteiger partial charge < -0.3 is 5.32 Å². The number of aryl methyl sites for hydroxylation is 1. The Kier molecular flexibility index (Phi) is 3.82. The number of amides is 1. The minimum Gasteiger partial charge on any atom is -0.357 e. The van der Waals surface area contributed by atoms with E-state index in [1.165, 1.54) is 25.7 Å². The number of nitrogens with zero attached hydrogens (tertiary/aromatic N) is 2. The molecule has 2 rings (SSSR count). The van der Waals surface area contributed by atoms with Crippen LogP contribution in [0.4, 0.5) is 0 Å². The van der Waals surface area contributed by atoms with E-state index in [1.807, 2.05) is 24.0 Å². The predicted molar refractivity (Wildman–Crippen MR) is 66.6 cm³/mol. The van der Waals surface area contributed by atoms with Gasteiger partial charge >= 0.3 is 0 Å². The molecule has 1 unspecified atom stereocenters. The molecule has 0 bridgehead atoms. The number of rotatable bonds is 4. The second-order valence-electron chi connectivity index (χ2n) is 5.01. The van der Waals surface area contributed by atoms with Crippen LogP contribution in [-0.2, 0) is 4.79 Å². The summed E-state index contributed by atoms with van der Waals surface area (Å²) in [6, 6.07) is -0.142. The summed E-state index contributed by atoms with van der Waals surface area (Å²) >= 11 is 0. The molecule has 1 aliphatic carbocycles. The van der Waals surface area contributed by atoms with E-state index in [4.69, 9.17) is 0 Å². The van der Waals surface area contributed by atoms with E-state index in [0.29, 0.717) is 5.92 Å². The highest BCUT2D eigenvalue weighted by Crippen LogP contribution is 2.31.